The molecular weight excluding hydrogens is 362 g/mol. The standard InChI is InChI=1S/C21H24ClN3O2/c1-16(26)23-20(17-6-3-2-4-7-17)15-21(27)25-12-10-24(11-13-25)19-9-5-8-18(22)14-19/h2-9,14,20H,10-13,15H2,1H3,(H,23,26). The summed E-state index contributed by atoms with van der Waals surface area (Å²) in [6.45, 7) is 4.33. The summed E-state index contributed by atoms with van der Waals surface area (Å²) >= 11 is 6.07. The van der Waals surface area contributed by atoms with Crippen LogP contribution in [0.4, 0.5) is 5.69 Å². The van der Waals surface area contributed by atoms with Gasteiger partial charge in [-0.3, -0.25) is 9.59 Å². The Morgan fingerprint density at radius 3 is 2.37 bits per heavy atom. The Balaban J connectivity index is 1.60. The highest BCUT2D eigenvalue weighted by Crippen LogP contribution is 2.22. The number of carbonyl (C=O) groups excluding carboxylic acids is 2. The van der Waals surface area contributed by atoms with Gasteiger partial charge in [0.15, 0.2) is 0 Å². The summed E-state index contributed by atoms with van der Waals surface area (Å²) < 4.78 is 0. The maximum absolute atomic E-state index is 12.8. The van der Waals surface area contributed by atoms with E-state index in [0.717, 1.165) is 24.3 Å². The lowest BCUT2D eigenvalue weighted by Gasteiger charge is -2.36. The predicted molar refractivity (Wildman–Crippen MR) is 108 cm³/mol. The molecular formula is C21H24ClN3O2. The molecule has 142 valence electrons. The van der Waals surface area contributed by atoms with Gasteiger partial charge >= 0.3 is 0 Å². The minimum absolute atomic E-state index is 0.0587. The lowest BCUT2D eigenvalue weighted by molar-refractivity contribution is -0.132. The van der Waals surface area contributed by atoms with Crippen LogP contribution in [0, 0.1) is 0 Å². The van der Waals surface area contributed by atoms with E-state index in [1.807, 2.05) is 59.5 Å². The van der Waals surface area contributed by atoms with Gasteiger partial charge < -0.3 is 15.1 Å². The highest BCUT2D eigenvalue weighted by atomic mass is 35.5. The number of amides is 2. The van der Waals surface area contributed by atoms with E-state index in [0.29, 0.717) is 18.1 Å². The maximum atomic E-state index is 12.8. The van der Waals surface area contributed by atoms with Crippen molar-refractivity contribution in [3.63, 3.8) is 0 Å². The average Bonchev–Trinajstić information content (AvgIpc) is 2.68. The van der Waals surface area contributed by atoms with Crippen LogP contribution in [0.5, 0.6) is 0 Å². The number of halogens is 1. The Labute approximate surface area is 164 Å². The quantitative estimate of drug-likeness (QED) is 0.859. The number of rotatable bonds is 5. The van der Waals surface area contributed by atoms with Crippen molar-refractivity contribution in [1.82, 2.24) is 10.2 Å². The van der Waals surface area contributed by atoms with Crippen LogP contribution < -0.4 is 10.2 Å². The molecule has 0 spiro atoms. The van der Waals surface area contributed by atoms with E-state index in [9.17, 15) is 9.59 Å². The van der Waals surface area contributed by atoms with Gasteiger partial charge in [0, 0.05) is 43.8 Å². The Morgan fingerprint density at radius 1 is 1.04 bits per heavy atom. The third-order valence-electron chi connectivity index (χ3n) is 4.76. The van der Waals surface area contributed by atoms with E-state index >= 15 is 0 Å². The number of anilines is 1. The molecule has 1 unspecified atom stereocenters. The average molecular weight is 386 g/mol. The van der Waals surface area contributed by atoms with Gasteiger partial charge in [-0.05, 0) is 23.8 Å². The molecule has 2 amide bonds. The molecule has 1 aliphatic heterocycles. The molecule has 27 heavy (non-hydrogen) atoms. The van der Waals surface area contributed by atoms with Gasteiger partial charge in [-0.2, -0.15) is 0 Å². The summed E-state index contributed by atoms with van der Waals surface area (Å²) in [5, 5.41) is 3.61. The van der Waals surface area contributed by atoms with Crippen molar-refractivity contribution >= 4 is 29.1 Å². The molecule has 1 fully saturated rings. The first kappa shape index (κ1) is 19.2. The van der Waals surface area contributed by atoms with Crippen LogP contribution in [0.2, 0.25) is 5.02 Å². The minimum atomic E-state index is -0.304. The molecule has 1 saturated heterocycles. The largest absolute Gasteiger partial charge is 0.368 e. The van der Waals surface area contributed by atoms with Gasteiger partial charge in [0.2, 0.25) is 11.8 Å². The second-order valence-corrected chi connectivity index (χ2v) is 7.15. The Bertz CT molecular complexity index is 789. The molecule has 3 rings (SSSR count). The van der Waals surface area contributed by atoms with Crippen LogP contribution in [0.15, 0.2) is 54.6 Å². The zero-order valence-electron chi connectivity index (χ0n) is 15.4. The number of carbonyl (C=O) groups is 2. The van der Waals surface area contributed by atoms with Crippen molar-refractivity contribution in [2.45, 2.75) is 19.4 Å². The van der Waals surface area contributed by atoms with Gasteiger partial charge in [-0.1, -0.05) is 48.0 Å². The molecule has 2 aromatic rings. The second-order valence-electron chi connectivity index (χ2n) is 6.72. The summed E-state index contributed by atoms with van der Waals surface area (Å²) in [5.74, 6) is -0.0780. The predicted octanol–water partition coefficient (Wildman–Crippen LogP) is 3.26. The normalized spacial score (nSPS) is 15.3. The summed E-state index contributed by atoms with van der Waals surface area (Å²) in [6, 6.07) is 17.1. The van der Waals surface area contributed by atoms with Crippen molar-refractivity contribution in [3.05, 3.63) is 65.2 Å². The molecule has 1 heterocycles. The van der Waals surface area contributed by atoms with Crippen LogP contribution >= 0.6 is 11.6 Å². The lowest BCUT2D eigenvalue weighted by atomic mass is 10.0. The first-order chi connectivity index (χ1) is 13.0. The van der Waals surface area contributed by atoms with Gasteiger partial charge in [0.05, 0.1) is 12.5 Å². The maximum Gasteiger partial charge on any atom is 0.225 e. The summed E-state index contributed by atoms with van der Waals surface area (Å²) in [4.78, 5) is 28.5. The molecule has 1 atom stereocenters. The van der Waals surface area contributed by atoms with Crippen molar-refractivity contribution in [2.24, 2.45) is 0 Å². The second kappa shape index (κ2) is 8.91. The van der Waals surface area contributed by atoms with E-state index in [-0.39, 0.29) is 24.3 Å². The first-order valence-corrected chi connectivity index (χ1v) is 9.51. The number of hydrogen-bond donors (Lipinski definition) is 1. The zero-order chi connectivity index (χ0) is 19.2. The smallest absolute Gasteiger partial charge is 0.225 e. The Hall–Kier alpha value is -2.53. The van der Waals surface area contributed by atoms with Crippen LogP contribution in [0.3, 0.4) is 0 Å². The van der Waals surface area contributed by atoms with Crippen LogP contribution in [0.1, 0.15) is 24.9 Å². The highest BCUT2D eigenvalue weighted by molar-refractivity contribution is 6.30. The minimum Gasteiger partial charge on any atom is -0.368 e. The molecule has 0 aromatic heterocycles. The van der Waals surface area contributed by atoms with Crippen LogP contribution in [-0.4, -0.2) is 42.9 Å². The molecule has 0 aliphatic carbocycles. The van der Waals surface area contributed by atoms with Gasteiger partial charge in [-0.15, -0.1) is 0 Å². The number of nitrogens with one attached hydrogen (secondary N) is 1. The van der Waals surface area contributed by atoms with Gasteiger partial charge in [-0.25, -0.2) is 0 Å². The van der Waals surface area contributed by atoms with E-state index in [4.69, 9.17) is 11.6 Å². The number of hydrogen-bond acceptors (Lipinski definition) is 3. The SMILES string of the molecule is CC(=O)NC(CC(=O)N1CCN(c2cccc(Cl)c2)CC1)c1ccccc1. The molecule has 5 nitrogen and oxygen atoms in total. The molecule has 2 aromatic carbocycles. The highest BCUT2D eigenvalue weighted by Gasteiger charge is 2.25. The summed E-state index contributed by atoms with van der Waals surface area (Å²) in [7, 11) is 0. The van der Waals surface area contributed by atoms with E-state index < -0.39 is 0 Å². The van der Waals surface area contributed by atoms with Crippen molar-refractivity contribution in [3.8, 4) is 0 Å². The molecule has 1 aliphatic rings. The molecule has 0 radical (unpaired) electrons. The molecule has 0 bridgehead atoms. The van der Waals surface area contributed by atoms with E-state index in [1.165, 1.54) is 6.92 Å². The Kier molecular flexibility index (Phi) is 6.35. The van der Waals surface area contributed by atoms with Crippen molar-refractivity contribution in [2.75, 3.05) is 31.1 Å². The lowest BCUT2D eigenvalue weighted by Crippen LogP contribution is -2.49. The van der Waals surface area contributed by atoms with Crippen LogP contribution in [-0.2, 0) is 9.59 Å². The fraction of sp³-hybridized carbons (Fsp3) is 0.333. The fourth-order valence-electron chi connectivity index (χ4n) is 3.37. The van der Waals surface area contributed by atoms with Crippen LogP contribution in [0.25, 0.3) is 0 Å². The fourth-order valence-corrected chi connectivity index (χ4v) is 3.56. The van der Waals surface area contributed by atoms with Crippen molar-refractivity contribution in [1.29, 1.82) is 0 Å². The first-order valence-electron chi connectivity index (χ1n) is 9.13. The topological polar surface area (TPSA) is 52.7 Å². The zero-order valence-corrected chi connectivity index (χ0v) is 16.2. The number of piperazine rings is 1. The Morgan fingerprint density at radius 2 is 1.74 bits per heavy atom. The van der Waals surface area contributed by atoms with E-state index in [1.54, 1.807) is 0 Å². The molecule has 6 heteroatoms. The monoisotopic (exact) mass is 385 g/mol. The molecule has 0 saturated carbocycles. The number of benzene rings is 2. The third kappa shape index (κ3) is 5.23. The number of nitrogens with zero attached hydrogens (tertiary/aromatic N) is 2. The van der Waals surface area contributed by atoms with Gasteiger partial charge in [0.1, 0.15) is 0 Å². The van der Waals surface area contributed by atoms with Crippen molar-refractivity contribution < 1.29 is 9.59 Å². The van der Waals surface area contributed by atoms with Gasteiger partial charge in [0.25, 0.3) is 0 Å². The van der Waals surface area contributed by atoms with E-state index in [2.05, 4.69) is 10.2 Å². The summed E-state index contributed by atoms with van der Waals surface area (Å²) in [6.07, 6.45) is 0.265. The third-order valence-corrected chi connectivity index (χ3v) is 5.00. The summed E-state index contributed by atoms with van der Waals surface area (Å²) in [5.41, 5.74) is 2.02. The molecule has 1 N–H and O–H groups in total.